The molecule has 0 aliphatic heterocycles. The van der Waals surface area contributed by atoms with E-state index in [2.05, 4.69) is 12.0 Å². The van der Waals surface area contributed by atoms with Gasteiger partial charge < -0.3 is 5.11 Å². The highest BCUT2D eigenvalue weighted by molar-refractivity contribution is 5.82. The standard InChI is InChI=1S/C25H38N2O2/c1-16-13-26-27(14-16)15-23(28)22-7-6-21-20-5-4-17-12-24(2,29)10-8-18(17)19(20)9-11-25(21,22)3/h13-14,17-22,29H,4-12,15H2,1-3H3/t17-,18+,19-,20-,21+,22-,24-,25+/m1/s1. The molecular formula is C25H38N2O2. The Morgan fingerprint density at radius 2 is 1.90 bits per heavy atom. The van der Waals surface area contributed by atoms with Gasteiger partial charge in [-0.2, -0.15) is 5.10 Å². The number of Topliss-reactive ketones (excluding diaryl/α,β-unsaturated/α-hetero) is 1. The first kappa shape index (κ1) is 19.8. The quantitative estimate of drug-likeness (QED) is 0.797. The Morgan fingerprint density at radius 1 is 1.10 bits per heavy atom. The molecule has 4 nitrogen and oxygen atoms in total. The van der Waals surface area contributed by atoms with Crippen LogP contribution >= 0.6 is 0 Å². The first-order valence-corrected chi connectivity index (χ1v) is 12.0. The van der Waals surface area contributed by atoms with Crippen LogP contribution in [0.1, 0.15) is 77.2 Å². The lowest BCUT2D eigenvalue weighted by Crippen LogP contribution is -2.51. The van der Waals surface area contributed by atoms with E-state index in [4.69, 9.17) is 0 Å². The van der Waals surface area contributed by atoms with Crippen LogP contribution in [0.4, 0.5) is 0 Å². The lowest BCUT2D eigenvalue weighted by atomic mass is 9.49. The van der Waals surface area contributed by atoms with Gasteiger partial charge in [0.1, 0.15) is 0 Å². The molecule has 1 heterocycles. The summed E-state index contributed by atoms with van der Waals surface area (Å²) in [5, 5.41) is 14.9. The second-order valence-corrected chi connectivity index (χ2v) is 11.5. The number of nitrogens with zero attached hydrogens (tertiary/aromatic N) is 2. The molecule has 0 radical (unpaired) electrons. The van der Waals surface area contributed by atoms with E-state index < -0.39 is 5.60 Å². The Kier molecular flexibility index (Phi) is 4.73. The maximum atomic E-state index is 13.3. The fourth-order valence-electron chi connectivity index (χ4n) is 8.43. The summed E-state index contributed by atoms with van der Waals surface area (Å²) >= 11 is 0. The van der Waals surface area contributed by atoms with Crippen molar-refractivity contribution in [3.63, 3.8) is 0 Å². The predicted octanol–water partition coefficient (Wildman–Crippen LogP) is 4.78. The average Bonchev–Trinajstić information content (AvgIpc) is 3.22. The van der Waals surface area contributed by atoms with Crippen molar-refractivity contribution in [1.82, 2.24) is 9.78 Å². The third kappa shape index (κ3) is 3.30. The van der Waals surface area contributed by atoms with Gasteiger partial charge in [0.2, 0.25) is 0 Å². The molecule has 5 rings (SSSR count). The molecule has 8 atom stereocenters. The molecule has 0 aromatic carbocycles. The monoisotopic (exact) mass is 398 g/mol. The van der Waals surface area contributed by atoms with E-state index in [1.807, 2.05) is 30.9 Å². The zero-order valence-corrected chi connectivity index (χ0v) is 18.4. The molecule has 0 spiro atoms. The highest BCUT2D eigenvalue weighted by atomic mass is 16.3. The van der Waals surface area contributed by atoms with E-state index in [0.717, 1.165) is 54.4 Å². The normalized spacial score (nSPS) is 46.6. The number of aliphatic hydroxyl groups is 1. The van der Waals surface area contributed by atoms with Gasteiger partial charge in [0, 0.05) is 12.1 Å². The number of rotatable bonds is 3. The molecule has 4 heteroatoms. The molecule has 4 aliphatic carbocycles. The molecule has 1 N–H and O–H groups in total. The van der Waals surface area contributed by atoms with Crippen molar-refractivity contribution in [3.05, 3.63) is 18.0 Å². The van der Waals surface area contributed by atoms with Gasteiger partial charge in [-0.1, -0.05) is 6.92 Å². The van der Waals surface area contributed by atoms with E-state index in [-0.39, 0.29) is 11.3 Å². The van der Waals surface area contributed by atoms with Crippen LogP contribution in [0.3, 0.4) is 0 Å². The summed E-state index contributed by atoms with van der Waals surface area (Å²) < 4.78 is 1.83. The first-order chi connectivity index (χ1) is 13.8. The topological polar surface area (TPSA) is 55.1 Å². The van der Waals surface area contributed by atoms with E-state index in [1.54, 1.807) is 0 Å². The van der Waals surface area contributed by atoms with Crippen molar-refractivity contribution in [2.24, 2.45) is 40.9 Å². The molecule has 1 aromatic rings. The second kappa shape index (κ2) is 6.93. The summed E-state index contributed by atoms with van der Waals surface area (Å²) in [6.07, 6.45) is 14.5. The maximum absolute atomic E-state index is 13.3. The van der Waals surface area contributed by atoms with Crippen LogP contribution in [0, 0.1) is 47.8 Å². The highest BCUT2D eigenvalue weighted by Gasteiger charge is 2.58. The Labute approximate surface area is 175 Å². The molecule has 0 amide bonds. The molecule has 4 aliphatic rings. The highest BCUT2D eigenvalue weighted by Crippen LogP contribution is 2.64. The molecule has 4 fully saturated rings. The number of ketones is 1. The van der Waals surface area contributed by atoms with Crippen LogP contribution in [0.15, 0.2) is 12.4 Å². The van der Waals surface area contributed by atoms with Crippen LogP contribution in [-0.2, 0) is 11.3 Å². The Hall–Kier alpha value is -1.16. The fraction of sp³-hybridized carbons (Fsp3) is 0.840. The predicted molar refractivity (Wildman–Crippen MR) is 113 cm³/mol. The smallest absolute Gasteiger partial charge is 0.157 e. The van der Waals surface area contributed by atoms with Gasteiger partial charge in [-0.15, -0.1) is 0 Å². The Balaban J connectivity index is 1.31. The molecule has 160 valence electrons. The van der Waals surface area contributed by atoms with Crippen molar-refractivity contribution in [3.8, 4) is 0 Å². The lowest BCUT2D eigenvalue weighted by molar-refractivity contribution is -0.133. The zero-order chi connectivity index (χ0) is 20.4. The van der Waals surface area contributed by atoms with Gasteiger partial charge in [-0.25, -0.2) is 0 Å². The van der Waals surface area contributed by atoms with Crippen molar-refractivity contribution in [2.75, 3.05) is 0 Å². The minimum atomic E-state index is -0.438. The third-order valence-corrected chi connectivity index (χ3v) is 9.71. The average molecular weight is 399 g/mol. The molecule has 0 unspecified atom stereocenters. The number of fused-ring (bicyclic) bond motifs is 5. The Morgan fingerprint density at radius 3 is 2.66 bits per heavy atom. The van der Waals surface area contributed by atoms with Crippen molar-refractivity contribution in [1.29, 1.82) is 0 Å². The molecular weight excluding hydrogens is 360 g/mol. The lowest BCUT2D eigenvalue weighted by Gasteiger charge is -2.56. The van der Waals surface area contributed by atoms with E-state index >= 15 is 0 Å². The molecule has 1 aromatic heterocycles. The summed E-state index contributed by atoms with van der Waals surface area (Å²) in [5.74, 6) is 4.53. The minimum absolute atomic E-state index is 0.188. The van der Waals surface area contributed by atoms with Gasteiger partial charge >= 0.3 is 0 Å². The summed E-state index contributed by atoms with van der Waals surface area (Å²) in [6.45, 7) is 6.95. The summed E-state index contributed by atoms with van der Waals surface area (Å²) in [5.41, 5.74) is 0.873. The van der Waals surface area contributed by atoms with E-state index in [0.29, 0.717) is 12.3 Å². The number of aromatic nitrogens is 2. The first-order valence-electron chi connectivity index (χ1n) is 12.0. The fourth-order valence-corrected chi connectivity index (χ4v) is 8.43. The van der Waals surface area contributed by atoms with Gasteiger partial charge in [0.25, 0.3) is 0 Å². The van der Waals surface area contributed by atoms with Gasteiger partial charge in [-0.05, 0) is 112 Å². The van der Waals surface area contributed by atoms with Crippen LogP contribution in [0.5, 0.6) is 0 Å². The largest absolute Gasteiger partial charge is 0.390 e. The molecule has 0 bridgehead atoms. The maximum Gasteiger partial charge on any atom is 0.157 e. The van der Waals surface area contributed by atoms with Crippen molar-refractivity contribution in [2.45, 2.75) is 90.7 Å². The summed E-state index contributed by atoms with van der Waals surface area (Å²) in [6, 6.07) is 0. The van der Waals surface area contributed by atoms with Crippen LogP contribution in [-0.4, -0.2) is 26.3 Å². The van der Waals surface area contributed by atoms with E-state index in [1.165, 1.54) is 38.5 Å². The van der Waals surface area contributed by atoms with E-state index in [9.17, 15) is 9.90 Å². The van der Waals surface area contributed by atoms with Gasteiger partial charge in [0.05, 0.1) is 18.3 Å². The number of aryl methyl sites for hydroxylation is 1. The van der Waals surface area contributed by atoms with Crippen LogP contribution in [0.2, 0.25) is 0 Å². The van der Waals surface area contributed by atoms with Gasteiger partial charge in [-0.3, -0.25) is 9.48 Å². The number of hydrogen-bond acceptors (Lipinski definition) is 3. The van der Waals surface area contributed by atoms with Crippen molar-refractivity contribution >= 4 is 5.78 Å². The number of carbonyl (C=O) groups excluding carboxylic acids is 1. The second-order valence-electron chi connectivity index (χ2n) is 11.5. The molecule has 29 heavy (non-hydrogen) atoms. The number of hydrogen-bond donors (Lipinski definition) is 1. The van der Waals surface area contributed by atoms with Crippen LogP contribution in [0.25, 0.3) is 0 Å². The SMILES string of the molecule is Cc1cnn(CC(=O)[C@H]2CC[C@H]3[C@@H]4CC[C@@H]5C[C@](C)(O)CC[C@@H]5[C@H]4CC[C@]23C)c1. The molecule has 0 saturated heterocycles. The number of carbonyl (C=O) groups is 1. The van der Waals surface area contributed by atoms with Gasteiger partial charge in [0.15, 0.2) is 5.78 Å². The third-order valence-electron chi connectivity index (χ3n) is 9.71. The Bertz CT molecular complexity index is 784. The summed E-state index contributed by atoms with van der Waals surface area (Å²) in [4.78, 5) is 13.3. The summed E-state index contributed by atoms with van der Waals surface area (Å²) in [7, 11) is 0. The zero-order valence-electron chi connectivity index (χ0n) is 18.4. The van der Waals surface area contributed by atoms with Crippen LogP contribution < -0.4 is 0 Å². The molecule has 4 saturated carbocycles. The van der Waals surface area contributed by atoms with Crippen molar-refractivity contribution < 1.29 is 9.90 Å². The minimum Gasteiger partial charge on any atom is -0.390 e.